The molecule has 0 aliphatic rings. The molecule has 0 bridgehead atoms. The van der Waals surface area contributed by atoms with Crippen molar-refractivity contribution in [3.8, 4) is 0 Å². The highest BCUT2D eigenvalue weighted by molar-refractivity contribution is 7.22. The topological polar surface area (TPSA) is 36.4 Å². The molecule has 0 aliphatic heterocycles. The lowest BCUT2D eigenvalue weighted by molar-refractivity contribution is -0.118. The highest BCUT2D eigenvalue weighted by Crippen LogP contribution is 2.31. The Morgan fingerprint density at radius 3 is 2.44 bits per heavy atom. The van der Waals surface area contributed by atoms with Crippen LogP contribution in [0.25, 0.3) is 10.2 Å². The van der Waals surface area contributed by atoms with Crippen LogP contribution in [-0.4, -0.2) is 43.0 Å². The summed E-state index contributed by atoms with van der Waals surface area (Å²) in [4.78, 5) is 21.9. The zero-order chi connectivity index (χ0) is 19.4. The van der Waals surface area contributed by atoms with Gasteiger partial charge in [-0.05, 0) is 69.7 Å². The number of fused-ring (bicyclic) bond motifs is 1. The minimum absolute atomic E-state index is 0.104. The van der Waals surface area contributed by atoms with Crippen LogP contribution in [0.5, 0.6) is 0 Å². The van der Waals surface area contributed by atoms with Crippen molar-refractivity contribution in [2.45, 2.75) is 26.7 Å². The highest BCUT2D eigenvalue weighted by Gasteiger charge is 2.20. The van der Waals surface area contributed by atoms with Crippen molar-refractivity contribution >= 4 is 32.6 Å². The summed E-state index contributed by atoms with van der Waals surface area (Å²) >= 11 is 1.61. The van der Waals surface area contributed by atoms with Crippen molar-refractivity contribution in [1.29, 1.82) is 0 Å². The zero-order valence-electron chi connectivity index (χ0n) is 16.5. The van der Waals surface area contributed by atoms with Crippen LogP contribution in [0.15, 0.2) is 42.5 Å². The van der Waals surface area contributed by atoms with Crippen LogP contribution in [0, 0.1) is 13.8 Å². The lowest BCUT2D eigenvalue weighted by Gasteiger charge is -2.21. The molecule has 0 unspecified atom stereocenters. The van der Waals surface area contributed by atoms with Gasteiger partial charge in [0.15, 0.2) is 5.13 Å². The molecular weight excluding hydrogens is 354 g/mol. The van der Waals surface area contributed by atoms with E-state index in [1.165, 1.54) is 11.1 Å². The summed E-state index contributed by atoms with van der Waals surface area (Å²) in [5.41, 5.74) is 4.50. The standard InChI is InChI=1S/C22H27N3OS/c1-16-13-19-20(14-17(16)2)27-22(23-19)25(12-8-11-24(3)4)21(26)15-18-9-6-5-7-10-18/h5-7,9-10,13-14H,8,11-12,15H2,1-4H3. The van der Waals surface area contributed by atoms with Gasteiger partial charge in [0.25, 0.3) is 0 Å². The number of thiazole rings is 1. The molecule has 142 valence electrons. The molecule has 1 heterocycles. The van der Waals surface area contributed by atoms with Gasteiger partial charge in [0.05, 0.1) is 16.6 Å². The Morgan fingerprint density at radius 2 is 1.74 bits per heavy atom. The number of aryl methyl sites for hydroxylation is 2. The molecule has 0 spiro atoms. The number of benzene rings is 2. The normalized spacial score (nSPS) is 11.3. The maximum absolute atomic E-state index is 13.1. The van der Waals surface area contributed by atoms with Crippen molar-refractivity contribution < 1.29 is 4.79 Å². The van der Waals surface area contributed by atoms with Gasteiger partial charge in [0.1, 0.15) is 0 Å². The van der Waals surface area contributed by atoms with Crippen molar-refractivity contribution in [2.75, 3.05) is 32.1 Å². The predicted molar refractivity (Wildman–Crippen MR) is 115 cm³/mol. The van der Waals surface area contributed by atoms with E-state index in [1.807, 2.05) is 35.2 Å². The van der Waals surface area contributed by atoms with E-state index in [0.717, 1.165) is 33.9 Å². The fraction of sp³-hybridized carbons (Fsp3) is 0.364. The molecule has 0 saturated carbocycles. The first kappa shape index (κ1) is 19.5. The predicted octanol–water partition coefficient (Wildman–Crippen LogP) is 4.44. The molecule has 5 heteroatoms. The summed E-state index contributed by atoms with van der Waals surface area (Å²) in [7, 11) is 4.11. The Kier molecular flexibility index (Phi) is 6.24. The third-order valence-electron chi connectivity index (χ3n) is 4.71. The Morgan fingerprint density at radius 1 is 1.04 bits per heavy atom. The van der Waals surface area contributed by atoms with Crippen LogP contribution in [-0.2, 0) is 11.2 Å². The molecule has 0 aliphatic carbocycles. The average molecular weight is 382 g/mol. The second-order valence-electron chi connectivity index (χ2n) is 7.27. The maximum atomic E-state index is 13.1. The minimum atomic E-state index is 0.104. The van der Waals surface area contributed by atoms with Crippen LogP contribution >= 0.6 is 11.3 Å². The number of amides is 1. The van der Waals surface area contributed by atoms with E-state index >= 15 is 0 Å². The SMILES string of the molecule is Cc1cc2nc(N(CCCN(C)C)C(=O)Cc3ccccc3)sc2cc1C. The Hall–Kier alpha value is -2.24. The maximum Gasteiger partial charge on any atom is 0.233 e. The number of rotatable bonds is 7. The average Bonchev–Trinajstić information content (AvgIpc) is 3.01. The third kappa shape index (κ3) is 4.93. The van der Waals surface area contributed by atoms with E-state index in [4.69, 9.17) is 4.98 Å². The molecule has 1 amide bonds. The lowest BCUT2D eigenvalue weighted by atomic mass is 10.1. The van der Waals surface area contributed by atoms with E-state index in [9.17, 15) is 4.79 Å². The van der Waals surface area contributed by atoms with Crippen molar-refractivity contribution in [3.05, 3.63) is 59.2 Å². The number of anilines is 1. The van der Waals surface area contributed by atoms with Gasteiger partial charge in [0.2, 0.25) is 5.91 Å². The van der Waals surface area contributed by atoms with E-state index < -0.39 is 0 Å². The van der Waals surface area contributed by atoms with Crippen molar-refractivity contribution in [1.82, 2.24) is 9.88 Å². The lowest BCUT2D eigenvalue weighted by Crippen LogP contribution is -2.34. The summed E-state index contributed by atoms with van der Waals surface area (Å²) in [5.74, 6) is 0.104. The number of hydrogen-bond acceptors (Lipinski definition) is 4. The number of carbonyl (C=O) groups is 1. The third-order valence-corrected chi connectivity index (χ3v) is 5.75. The molecule has 3 rings (SSSR count). The molecular formula is C22H27N3OS. The van der Waals surface area contributed by atoms with Gasteiger partial charge in [-0.15, -0.1) is 0 Å². The van der Waals surface area contributed by atoms with Gasteiger partial charge in [0, 0.05) is 6.54 Å². The zero-order valence-corrected chi connectivity index (χ0v) is 17.3. The fourth-order valence-electron chi connectivity index (χ4n) is 3.02. The molecule has 0 N–H and O–H groups in total. The second-order valence-corrected chi connectivity index (χ2v) is 8.27. The number of carbonyl (C=O) groups excluding carboxylic acids is 1. The van der Waals surface area contributed by atoms with Crippen LogP contribution in [0.1, 0.15) is 23.1 Å². The van der Waals surface area contributed by atoms with Gasteiger partial charge < -0.3 is 4.90 Å². The number of hydrogen-bond donors (Lipinski definition) is 0. The quantitative estimate of drug-likeness (QED) is 0.607. The molecule has 27 heavy (non-hydrogen) atoms. The molecule has 0 atom stereocenters. The Balaban J connectivity index is 1.87. The number of nitrogens with zero attached hydrogens (tertiary/aromatic N) is 3. The van der Waals surface area contributed by atoms with E-state index in [-0.39, 0.29) is 5.91 Å². The van der Waals surface area contributed by atoms with Gasteiger partial charge in [-0.1, -0.05) is 41.7 Å². The molecule has 1 aromatic heterocycles. The van der Waals surface area contributed by atoms with Crippen LogP contribution < -0.4 is 4.90 Å². The summed E-state index contributed by atoms with van der Waals surface area (Å²) in [5, 5.41) is 0.801. The smallest absolute Gasteiger partial charge is 0.233 e. The first-order valence-corrected chi connectivity index (χ1v) is 10.1. The van der Waals surface area contributed by atoms with E-state index in [1.54, 1.807) is 11.3 Å². The first-order chi connectivity index (χ1) is 12.9. The molecule has 2 aromatic carbocycles. The first-order valence-electron chi connectivity index (χ1n) is 9.31. The summed E-state index contributed by atoms with van der Waals surface area (Å²) < 4.78 is 1.14. The van der Waals surface area contributed by atoms with Crippen LogP contribution in [0.2, 0.25) is 0 Å². The minimum Gasteiger partial charge on any atom is -0.309 e. The molecule has 4 nitrogen and oxygen atoms in total. The van der Waals surface area contributed by atoms with Crippen LogP contribution in [0.4, 0.5) is 5.13 Å². The van der Waals surface area contributed by atoms with Gasteiger partial charge in [-0.2, -0.15) is 0 Å². The summed E-state index contributed by atoms with van der Waals surface area (Å²) in [6.07, 6.45) is 1.32. The summed E-state index contributed by atoms with van der Waals surface area (Å²) in [6.45, 7) is 5.84. The van der Waals surface area contributed by atoms with E-state index in [0.29, 0.717) is 13.0 Å². The molecule has 0 radical (unpaired) electrons. The van der Waals surface area contributed by atoms with Crippen molar-refractivity contribution in [3.63, 3.8) is 0 Å². The van der Waals surface area contributed by atoms with Gasteiger partial charge in [-0.3, -0.25) is 9.69 Å². The fourth-order valence-corrected chi connectivity index (χ4v) is 4.11. The highest BCUT2D eigenvalue weighted by atomic mass is 32.1. The molecule has 0 fully saturated rings. The Bertz CT molecular complexity index is 879. The molecule has 3 aromatic rings. The van der Waals surface area contributed by atoms with Crippen molar-refractivity contribution in [2.24, 2.45) is 0 Å². The summed E-state index contributed by atoms with van der Waals surface area (Å²) in [6, 6.07) is 14.2. The monoisotopic (exact) mass is 381 g/mol. The number of aromatic nitrogens is 1. The van der Waals surface area contributed by atoms with Gasteiger partial charge in [-0.25, -0.2) is 4.98 Å². The van der Waals surface area contributed by atoms with Gasteiger partial charge >= 0.3 is 0 Å². The van der Waals surface area contributed by atoms with E-state index in [2.05, 4.69) is 45.0 Å². The largest absolute Gasteiger partial charge is 0.309 e. The molecule has 0 saturated heterocycles. The Labute approximate surface area is 165 Å². The second kappa shape index (κ2) is 8.63. The van der Waals surface area contributed by atoms with Crippen LogP contribution in [0.3, 0.4) is 0 Å².